The summed E-state index contributed by atoms with van der Waals surface area (Å²) in [6.07, 6.45) is 8.71. The number of rotatable bonds is 13. The molecule has 3 aromatic heterocycles. The molecule has 7 aromatic rings. The summed E-state index contributed by atoms with van der Waals surface area (Å²) in [6, 6.07) is 37.3. The second-order valence-corrected chi connectivity index (χ2v) is 15.2. The average Bonchev–Trinajstić information content (AvgIpc) is 3.61. The van der Waals surface area contributed by atoms with Gasteiger partial charge in [-0.05, 0) is 97.8 Å². The van der Waals surface area contributed by atoms with Crippen LogP contribution < -0.4 is 4.74 Å². The summed E-state index contributed by atoms with van der Waals surface area (Å²) in [5, 5.41) is 7.36. The molecule has 0 aliphatic rings. The van der Waals surface area contributed by atoms with Gasteiger partial charge in [0.2, 0.25) is 0 Å². The fraction of sp³-hybridized carbons (Fsp3) is 0.319. The van der Waals surface area contributed by atoms with Gasteiger partial charge in [0.1, 0.15) is 5.82 Å². The minimum absolute atomic E-state index is 0. The minimum Gasteiger partial charge on any atom is -0.509 e. The van der Waals surface area contributed by atoms with Crippen molar-refractivity contribution in [1.82, 2.24) is 19.3 Å². The van der Waals surface area contributed by atoms with Crippen LogP contribution in [0.1, 0.15) is 81.5 Å². The van der Waals surface area contributed by atoms with Crippen molar-refractivity contribution in [3.63, 3.8) is 0 Å². The molecule has 4 aromatic carbocycles. The zero-order valence-electron chi connectivity index (χ0n) is 32.1. The number of benzene rings is 4. The van der Waals surface area contributed by atoms with E-state index in [0.29, 0.717) is 17.4 Å². The fourth-order valence-electron chi connectivity index (χ4n) is 7.32. The van der Waals surface area contributed by atoms with Gasteiger partial charge >= 0.3 is 21.1 Å². The number of pyridine rings is 1. The summed E-state index contributed by atoms with van der Waals surface area (Å²) in [7, 11) is 0. The van der Waals surface area contributed by atoms with Crippen molar-refractivity contribution in [2.45, 2.75) is 87.0 Å². The van der Waals surface area contributed by atoms with Gasteiger partial charge in [-0.2, -0.15) is 16.7 Å². The second-order valence-electron chi connectivity index (χ2n) is 15.2. The van der Waals surface area contributed by atoms with Crippen LogP contribution in [0.2, 0.25) is 0 Å². The molecular weight excluding hydrogens is 832 g/mol. The molecule has 0 aliphatic heterocycles. The Balaban J connectivity index is 0.00000481. The molecule has 53 heavy (non-hydrogen) atoms. The summed E-state index contributed by atoms with van der Waals surface area (Å²) in [4.78, 5) is 4.81. The van der Waals surface area contributed by atoms with Crippen LogP contribution in [0.4, 0.5) is 0 Å². The van der Waals surface area contributed by atoms with Gasteiger partial charge in [-0.15, -0.1) is 35.7 Å². The van der Waals surface area contributed by atoms with Crippen LogP contribution in [-0.4, -0.2) is 19.3 Å². The Morgan fingerprint density at radius 3 is 2.26 bits per heavy atom. The van der Waals surface area contributed by atoms with Crippen molar-refractivity contribution in [3.8, 4) is 34.1 Å². The monoisotopic (exact) mass is 881 g/mol. The van der Waals surface area contributed by atoms with Crippen molar-refractivity contribution < 1.29 is 25.8 Å². The Kier molecular flexibility index (Phi) is 12.0. The van der Waals surface area contributed by atoms with Gasteiger partial charge in [0.15, 0.2) is 0 Å². The summed E-state index contributed by atoms with van der Waals surface area (Å²) in [5.41, 5.74) is 11.1. The summed E-state index contributed by atoms with van der Waals surface area (Å²) >= 11 is 0. The number of hydrogen-bond acceptors (Lipinski definition) is 3. The molecule has 6 heteroatoms. The number of aromatic nitrogens is 4. The van der Waals surface area contributed by atoms with Crippen LogP contribution in [0.25, 0.3) is 44.4 Å². The Bertz CT molecular complexity index is 2330. The predicted octanol–water partition coefficient (Wildman–Crippen LogP) is 12.3. The Labute approximate surface area is 329 Å². The van der Waals surface area contributed by atoms with Crippen molar-refractivity contribution in [1.29, 1.82) is 0 Å². The van der Waals surface area contributed by atoms with E-state index in [9.17, 15) is 0 Å². The zero-order valence-corrected chi connectivity index (χ0v) is 34.3. The van der Waals surface area contributed by atoms with Crippen molar-refractivity contribution in [2.75, 3.05) is 0 Å². The molecule has 0 saturated heterocycles. The zero-order chi connectivity index (χ0) is 36.4. The first kappa shape index (κ1) is 38.3. The third-order valence-electron chi connectivity index (χ3n) is 10.0. The molecular formula is C47H50N4OPt. The Morgan fingerprint density at radius 2 is 1.51 bits per heavy atom. The molecule has 0 bridgehead atoms. The topological polar surface area (TPSA) is 44.9 Å². The maximum Gasteiger partial charge on any atom is 2.00 e. The molecule has 0 saturated carbocycles. The molecule has 3 heterocycles. The van der Waals surface area contributed by atoms with E-state index >= 15 is 0 Å². The molecule has 0 radical (unpaired) electrons. The van der Waals surface area contributed by atoms with Gasteiger partial charge in [-0.1, -0.05) is 94.9 Å². The summed E-state index contributed by atoms with van der Waals surface area (Å²) in [6.45, 7) is 15.5. The minimum atomic E-state index is 0. The van der Waals surface area contributed by atoms with Crippen LogP contribution in [0, 0.1) is 44.7 Å². The first-order chi connectivity index (χ1) is 25.1. The molecule has 274 valence electrons. The summed E-state index contributed by atoms with van der Waals surface area (Å²) in [5.74, 6) is 3.50. The Hall–Kier alpha value is -4.47. The third-order valence-corrected chi connectivity index (χ3v) is 10.0. The van der Waals surface area contributed by atoms with Gasteiger partial charge in [-0.3, -0.25) is 4.68 Å². The molecule has 7 rings (SSSR count). The van der Waals surface area contributed by atoms with E-state index in [1.807, 2.05) is 29.1 Å². The standard InChI is InChI=1S/C47H50N4O.Pt/c1-31(2)13-11-12-14-36-19-22-44-43(28-36)42-21-20-40(30-45(42)50(44)46-25-33(5)23-24-48-46)52-41-27-37(18-17-32(3)4)26-39(29-41)51-35(7)47(34(6)49-51)38-15-9-8-10-16-38;/h8-10,15-16,19-28,31-32H,11-14,17-18H2,1-7H3;/q-2;+2. The average molecular weight is 882 g/mol. The van der Waals surface area contributed by atoms with E-state index in [-0.39, 0.29) is 21.1 Å². The van der Waals surface area contributed by atoms with Gasteiger partial charge < -0.3 is 9.30 Å². The van der Waals surface area contributed by atoms with E-state index < -0.39 is 0 Å². The van der Waals surface area contributed by atoms with Gasteiger partial charge in [0, 0.05) is 34.5 Å². The molecule has 5 nitrogen and oxygen atoms in total. The first-order valence-corrected chi connectivity index (χ1v) is 18.9. The van der Waals surface area contributed by atoms with Crippen LogP contribution in [0.3, 0.4) is 0 Å². The van der Waals surface area contributed by atoms with E-state index in [1.54, 1.807) is 0 Å². The molecule has 0 atom stereocenters. The van der Waals surface area contributed by atoms with Crippen molar-refractivity contribution in [3.05, 3.63) is 131 Å². The summed E-state index contributed by atoms with van der Waals surface area (Å²) < 4.78 is 10.9. The molecule has 0 aliphatic carbocycles. The fourth-order valence-corrected chi connectivity index (χ4v) is 7.32. The number of aryl methyl sites for hydroxylation is 4. The third kappa shape index (κ3) is 8.52. The van der Waals surface area contributed by atoms with Gasteiger partial charge in [-0.25, -0.2) is 4.98 Å². The van der Waals surface area contributed by atoms with Crippen LogP contribution in [0.5, 0.6) is 11.5 Å². The first-order valence-electron chi connectivity index (χ1n) is 18.9. The van der Waals surface area contributed by atoms with Crippen molar-refractivity contribution >= 4 is 21.8 Å². The number of hydrogen-bond donors (Lipinski definition) is 0. The molecule has 0 N–H and O–H groups in total. The molecule has 0 amide bonds. The Morgan fingerprint density at radius 1 is 0.717 bits per heavy atom. The maximum absolute atomic E-state index is 6.69. The van der Waals surface area contributed by atoms with Gasteiger partial charge in [0.25, 0.3) is 0 Å². The van der Waals surface area contributed by atoms with E-state index in [2.05, 4.69) is 132 Å². The largest absolute Gasteiger partial charge is 2.00 e. The molecule has 0 unspecified atom stereocenters. The predicted molar refractivity (Wildman–Crippen MR) is 215 cm³/mol. The smallest absolute Gasteiger partial charge is 0.509 e. The van der Waals surface area contributed by atoms with Gasteiger partial charge in [0.05, 0.1) is 5.69 Å². The van der Waals surface area contributed by atoms with Crippen LogP contribution in [-0.2, 0) is 33.9 Å². The number of unbranched alkanes of at least 4 members (excludes halogenated alkanes) is 1. The number of ether oxygens (including phenoxy) is 1. The quantitative estimate of drug-likeness (QED) is 0.0856. The van der Waals surface area contributed by atoms with E-state index in [1.165, 1.54) is 35.8 Å². The van der Waals surface area contributed by atoms with Crippen LogP contribution in [0.15, 0.2) is 91.1 Å². The number of nitrogens with zero attached hydrogens (tertiary/aromatic N) is 4. The second kappa shape index (κ2) is 16.7. The van der Waals surface area contributed by atoms with Crippen molar-refractivity contribution in [2.24, 2.45) is 11.8 Å². The van der Waals surface area contributed by atoms with Crippen LogP contribution >= 0.6 is 0 Å². The molecule has 0 fully saturated rings. The normalized spacial score (nSPS) is 11.6. The van der Waals surface area contributed by atoms with E-state index in [0.717, 1.165) is 81.2 Å². The SMILES string of the molecule is Cc1ccnc(-n2c3[c-]c(Oc4[c-]c(-n5nc(C)c(-c6ccccc6)c5C)cc(CCC(C)C)c4)ccc3c3cc(CCCCC(C)C)ccc32)c1.[Pt+2]. The number of fused-ring (bicyclic) bond motifs is 3. The maximum atomic E-state index is 6.69. The molecule has 0 spiro atoms. The van der Waals surface area contributed by atoms with E-state index in [4.69, 9.17) is 14.8 Å².